The third kappa shape index (κ3) is 3.89. The van der Waals surface area contributed by atoms with Crippen LogP contribution in [0.25, 0.3) is 0 Å². The zero-order valence-corrected chi connectivity index (χ0v) is 10.6. The molecule has 0 atom stereocenters. The number of rotatable bonds is 5. The van der Waals surface area contributed by atoms with E-state index in [1.54, 1.807) is 18.0 Å². The summed E-state index contributed by atoms with van der Waals surface area (Å²) in [5.74, 6) is 0.0166. The highest BCUT2D eigenvalue weighted by Crippen LogP contribution is 2.22. The summed E-state index contributed by atoms with van der Waals surface area (Å²) in [5.41, 5.74) is 1.86. The molecular weight excluding hydrogens is 246 g/mol. The van der Waals surface area contributed by atoms with Gasteiger partial charge in [0, 0.05) is 16.8 Å². The molecule has 0 saturated carbocycles. The largest absolute Gasteiger partial charge is 0.481 e. The third-order valence-corrected chi connectivity index (χ3v) is 3.44. The summed E-state index contributed by atoms with van der Waals surface area (Å²) in [6.07, 6.45) is 1.86. The molecule has 0 aliphatic rings. The molecule has 2 aromatic rings. The van der Waals surface area contributed by atoms with Crippen LogP contribution in [0.4, 0.5) is 0 Å². The number of aromatic nitrogens is 1. The van der Waals surface area contributed by atoms with Crippen molar-refractivity contribution in [2.45, 2.75) is 17.1 Å². The zero-order chi connectivity index (χ0) is 12.8. The topological polar surface area (TPSA) is 50.2 Å². The molecule has 18 heavy (non-hydrogen) atoms. The van der Waals surface area contributed by atoms with Gasteiger partial charge in [-0.1, -0.05) is 18.2 Å². The van der Waals surface area contributed by atoms with Crippen molar-refractivity contribution in [2.75, 3.05) is 0 Å². The van der Waals surface area contributed by atoms with Gasteiger partial charge in [-0.2, -0.15) is 0 Å². The maximum atomic E-state index is 10.6. The van der Waals surface area contributed by atoms with E-state index < -0.39 is 5.97 Å². The van der Waals surface area contributed by atoms with Crippen LogP contribution in [0.2, 0.25) is 0 Å². The van der Waals surface area contributed by atoms with Crippen LogP contribution in [0.1, 0.15) is 11.3 Å². The van der Waals surface area contributed by atoms with Gasteiger partial charge in [-0.3, -0.25) is 9.78 Å². The second kappa shape index (κ2) is 6.21. The first-order valence-electron chi connectivity index (χ1n) is 5.57. The van der Waals surface area contributed by atoms with Gasteiger partial charge in [-0.25, -0.2) is 0 Å². The Labute approximate surface area is 110 Å². The number of carbonyl (C=O) groups is 1. The third-order valence-electron chi connectivity index (χ3n) is 2.39. The lowest BCUT2D eigenvalue weighted by Gasteiger charge is -2.02. The molecule has 2 rings (SSSR count). The van der Waals surface area contributed by atoms with Crippen molar-refractivity contribution in [1.29, 1.82) is 0 Å². The fraction of sp³-hybridized carbons (Fsp3) is 0.143. The van der Waals surface area contributed by atoms with Crippen molar-refractivity contribution >= 4 is 17.7 Å². The summed E-state index contributed by atoms with van der Waals surface area (Å²) in [5, 5.41) is 8.67. The van der Waals surface area contributed by atoms with Gasteiger partial charge in [0.2, 0.25) is 0 Å². The maximum Gasteiger partial charge on any atom is 0.307 e. The molecule has 0 spiro atoms. The Hall–Kier alpha value is -1.81. The predicted octanol–water partition coefficient (Wildman–Crippen LogP) is 3.00. The molecule has 0 unspecified atom stereocenters. The molecule has 0 radical (unpaired) electrons. The van der Waals surface area contributed by atoms with E-state index in [2.05, 4.69) is 4.98 Å². The molecule has 0 amide bonds. The minimum Gasteiger partial charge on any atom is -0.481 e. The van der Waals surface area contributed by atoms with Gasteiger partial charge >= 0.3 is 5.97 Å². The monoisotopic (exact) mass is 259 g/mol. The van der Waals surface area contributed by atoms with E-state index >= 15 is 0 Å². The van der Waals surface area contributed by atoms with Crippen LogP contribution in [0.15, 0.2) is 53.6 Å². The molecule has 0 saturated heterocycles. The Morgan fingerprint density at radius 1 is 1.17 bits per heavy atom. The molecule has 1 aromatic heterocycles. The molecule has 0 bridgehead atoms. The summed E-state index contributed by atoms with van der Waals surface area (Å²) in [4.78, 5) is 15.9. The Balaban J connectivity index is 1.92. The van der Waals surface area contributed by atoms with E-state index in [9.17, 15) is 4.79 Å². The fourth-order valence-corrected chi connectivity index (χ4v) is 2.33. The Kier molecular flexibility index (Phi) is 4.36. The van der Waals surface area contributed by atoms with E-state index in [1.165, 1.54) is 0 Å². The average Bonchev–Trinajstić information content (AvgIpc) is 2.38. The van der Waals surface area contributed by atoms with Gasteiger partial charge < -0.3 is 5.11 Å². The molecule has 1 N–H and O–H groups in total. The van der Waals surface area contributed by atoms with Gasteiger partial charge in [0.15, 0.2) is 0 Å². The molecule has 1 heterocycles. The number of hydrogen-bond donors (Lipinski definition) is 1. The van der Waals surface area contributed by atoms with E-state index in [0.717, 1.165) is 21.9 Å². The summed E-state index contributed by atoms with van der Waals surface area (Å²) in [6, 6.07) is 13.5. The van der Waals surface area contributed by atoms with Gasteiger partial charge in [-0.05, 0) is 29.8 Å². The SMILES string of the molecule is O=C(O)Cc1ccc(SCc2ccccn2)cc1. The molecule has 92 valence electrons. The molecule has 0 fully saturated rings. The minimum absolute atomic E-state index is 0.0746. The summed E-state index contributed by atoms with van der Waals surface area (Å²) in [7, 11) is 0. The number of carboxylic acids is 1. The number of benzene rings is 1. The van der Waals surface area contributed by atoms with Crippen LogP contribution in [0, 0.1) is 0 Å². The lowest BCUT2D eigenvalue weighted by Crippen LogP contribution is -1.99. The van der Waals surface area contributed by atoms with Gasteiger partial charge in [0.1, 0.15) is 0 Å². The quantitative estimate of drug-likeness (QED) is 0.839. The Bertz CT molecular complexity index is 511. The number of thioether (sulfide) groups is 1. The zero-order valence-electron chi connectivity index (χ0n) is 9.74. The highest BCUT2D eigenvalue weighted by molar-refractivity contribution is 7.98. The van der Waals surface area contributed by atoms with E-state index in [4.69, 9.17) is 5.11 Å². The highest BCUT2D eigenvalue weighted by atomic mass is 32.2. The highest BCUT2D eigenvalue weighted by Gasteiger charge is 2.01. The standard InChI is InChI=1S/C14H13NO2S/c16-14(17)9-11-4-6-13(7-5-11)18-10-12-3-1-2-8-15-12/h1-8H,9-10H2,(H,16,17). The van der Waals surface area contributed by atoms with E-state index in [-0.39, 0.29) is 6.42 Å². The Morgan fingerprint density at radius 2 is 1.94 bits per heavy atom. The van der Waals surface area contributed by atoms with Crippen LogP contribution in [0.5, 0.6) is 0 Å². The first-order valence-corrected chi connectivity index (χ1v) is 6.56. The number of hydrogen-bond acceptors (Lipinski definition) is 3. The number of pyridine rings is 1. The normalized spacial score (nSPS) is 10.2. The molecule has 3 nitrogen and oxygen atoms in total. The summed E-state index contributed by atoms with van der Waals surface area (Å²) in [6.45, 7) is 0. The van der Waals surface area contributed by atoms with Crippen molar-refractivity contribution in [1.82, 2.24) is 4.98 Å². The number of aliphatic carboxylic acids is 1. The van der Waals surface area contributed by atoms with Crippen molar-refractivity contribution < 1.29 is 9.90 Å². The maximum absolute atomic E-state index is 10.6. The average molecular weight is 259 g/mol. The predicted molar refractivity (Wildman–Crippen MR) is 71.6 cm³/mol. The Morgan fingerprint density at radius 3 is 2.56 bits per heavy atom. The van der Waals surface area contributed by atoms with Crippen LogP contribution >= 0.6 is 11.8 Å². The smallest absolute Gasteiger partial charge is 0.307 e. The van der Waals surface area contributed by atoms with Gasteiger partial charge in [0.25, 0.3) is 0 Å². The van der Waals surface area contributed by atoms with Crippen molar-refractivity contribution in [3.05, 3.63) is 59.9 Å². The van der Waals surface area contributed by atoms with Gasteiger partial charge in [0.05, 0.1) is 12.1 Å². The number of carboxylic acid groups (broad SMARTS) is 1. The van der Waals surface area contributed by atoms with Crippen molar-refractivity contribution in [2.24, 2.45) is 0 Å². The second-order valence-corrected chi connectivity index (χ2v) is 4.87. The fourth-order valence-electron chi connectivity index (χ4n) is 1.52. The van der Waals surface area contributed by atoms with Gasteiger partial charge in [-0.15, -0.1) is 11.8 Å². The molecule has 0 aliphatic heterocycles. The first kappa shape index (κ1) is 12.6. The summed E-state index contributed by atoms with van der Waals surface area (Å²) >= 11 is 1.69. The van der Waals surface area contributed by atoms with Crippen LogP contribution in [0.3, 0.4) is 0 Å². The van der Waals surface area contributed by atoms with E-state index in [1.807, 2.05) is 42.5 Å². The lowest BCUT2D eigenvalue weighted by molar-refractivity contribution is -0.136. The molecule has 4 heteroatoms. The van der Waals surface area contributed by atoms with Crippen LogP contribution in [-0.4, -0.2) is 16.1 Å². The molecular formula is C14H13NO2S. The second-order valence-electron chi connectivity index (χ2n) is 3.82. The van der Waals surface area contributed by atoms with Crippen molar-refractivity contribution in [3.8, 4) is 0 Å². The number of nitrogens with zero attached hydrogens (tertiary/aromatic N) is 1. The summed E-state index contributed by atoms with van der Waals surface area (Å²) < 4.78 is 0. The lowest BCUT2D eigenvalue weighted by atomic mass is 10.2. The first-order chi connectivity index (χ1) is 8.74. The van der Waals surface area contributed by atoms with E-state index in [0.29, 0.717) is 0 Å². The van der Waals surface area contributed by atoms with Crippen LogP contribution in [-0.2, 0) is 17.0 Å². The van der Waals surface area contributed by atoms with Crippen molar-refractivity contribution in [3.63, 3.8) is 0 Å². The molecule has 1 aromatic carbocycles. The van der Waals surface area contributed by atoms with Crippen LogP contribution < -0.4 is 0 Å². The molecule has 0 aliphatic carbocycles. The minimum atomic E-state index is -0.802.